The molecule has 18 heavy (non-hydrogen) atoms. The van der Waals surface area contributed by atoms with Crippen LogP contribution in [0, 0.1) is 0 Å². The zero-order chi connectivity index (χ0) is 13.3. The molecule has 1 aromatic heterocycles. The van der Waals surface area contributed by atoms with Crippen molar-refractivity contribution < 1.29 is 0 Å². The number of halogens is 1. The molecule has 2 aromatic rings. The van der Waals surface area contributed by atoms with Gasteiger partial charge in [0.05, 0.1) is 16.6 Å². The molecule has 0 radical (unpaired) electrons. The lowest BCUT2D eigenvalue weighted by Crippen LogP contribution is -2.38. The number of fused-ring (bicyclic) bond motifs is 1. The highest BCUT2D eigenvalue weighted by Crippen LogP contribution is 2.29. The number of nitrogens with zero attached hydrogens (tertiary/aromatic N) is 2. The third-order valence-electron chi connectivity index (χ3n) is 3.73. The van der Waals surface area contributed by atoms with Gasteiger partial charge in [0.25, 0.3) is 0 Å². The van der Waals surface area contributed by atoms with Gasteiger partial charge in [0.15, 0.2) is 0 Å². The summed E-state index contributed by atoms with van der Waals surface area (Å²) >= 11 is 3.49. The molecule has 0 aliphatic heterocycles. The van der Waals surface area contributed by atoms with Crippen LogP contribution >= 0.6 is 15.9 Å². The van der Waals surface area contributed by atoms with Crippen molar-refractivity contribution >= 4 is 27.0 Å². The average molecular weight is 310 g/mol. The van der Waals surface area contributed by atoms with Gasteiger partial charge >= 0.3 is 0 Å². The fraction of sp³-hybridized carbons (Fsp3) is 0.500. The molecule has 98 valence electrons. The minimum atomic E-state index is -0.332. The Morgan fingerprint density at radius 2 is 1.94 bits per heavy atom. The Kier molecular flexibility index (Phi) is 3.78. The third kappa shape index (κ3) is 2.08. The van der Waals surface area contributed by atoms with Crippen molar-refractivity contribution in [3.05, 3.63) is 28.5 Å². The number of aryl methyl sites for hydroxylation is 1. The van der Waals surface area contributed by atoms with Crippen molar-refractivity contribution in [3.63, 3.8) is 0 Å². The lowest BCUT2D eigenvalue weighted by molar-refractivity contribution is 0.373. The Balaban J connectivity index is 2.71. The van der Waals surface area contributed by atoms with Crippen molar-refractivity contribution in [3.8, 4) is 0 Å². The number of nitrogens with two attached hydrogens (primary N) is 1. The van der Waals surface area contributed by atoms with Gasteiger partial charge in [-0.25, -0.2) is 4.98 Å². The van der Waals surface area contributed by atoms with Crippen molar-refractivity contribution in [2.24, 2.45) is 5.73 Å². The molecule has 0 aliphatic rings. The number of imidazole rings is 1. The van der Waals surface area contributed by atoms with Gasteiger partial charge in [-0.05, 0) is 38.0 Å². The first-order valence-corrected chi connectivity index (χ1v) is 7.30. The summed E-state index contributed by atoms with van der Waals surface area (Å²) < 4.78 is 3.28. The average Bonchev–Trinajstić information content (AvgIpc) is 2.75. The fourth-order valence-electron chi connectivity index (χ4n) is 2.37. The topological polar surface area (TPSA) is 43.8 Å². The van der Waals surface area contributed by atoms with E-state index in [1.165, 1.54) is 0 Å². The van der Waals surface area contributed by atoms with Gasteiger partial charge in [0.1, 0.15) is 5.82 Å². The van der Waals surface area contributed by atoms with E-state index in [-0.39, 0.29) is 5.54 Å². The zero-order valence-electron chi connectivity index (χ0n) is 11.2. The van der Waals surface area contributed by atoms with Crippen molar-refractivity contribution in [2.75, 3.05) is 0 Å². The molecular formula is C14H20BrN3. The molecule has 0 atom stereocenters. The second kappa shape index (κ2) is 5.02. The van der Waals surface area contributed by atoms with E-state index < -0.39 is 0 Å². The van der Waals surface area contributed by atoms with Gasteiger partial charge < -0.3 is 10.3 Å². The van der Waals surface area contributed by atoms with Gasteiger partial charge in [-0.2, -0.15) is 0 Å². The Hall–Kier alpha value is -0.870. The summed E-state index contributed by atoms with van der Waals surface area (Å²) in [7, 11) is 0. The predicted octanol–water partition coefficient (Wildman–Crippen LogP) is 3.79. The SMILES string of the molecule is CCn1c(C(N)(CC)CC)nc2cc(Br)ccc21. The molecule has 0 spiro atoms. The molecule has 0 amide bonds. The summed E-state index contributed by atoms with van der Waals surface area (Å²) in [6.07, 6.45) is 1.79. The summed E-state index contributed by atoms with van der Waals surface area (Å²) in [5, 5.41) is 0. The van der Waals surface area contributed by atoms with Crippen LogP contribution in [0.1, 0.15) is 39.4 Å². The minimum absolute atomic E-state index is 0.332. The van der Waals surface area contributed by atoms with Crippen LogP contribution < -0.4 is 5.73 Å². The minimum Gasteiger partial charge on any atom is -0.327 e. The lowest BCUT2D eigenvalue weighted by Gasteiger charge is -2.26. The lowest BCUT2D eigenvalue weighted by atomic mass is 9.93. The van der Waals surface area contributed by atoms with Crippen LogP contribution in [0.4, 0.5) is 0 Å². The number of rotatable bonds is 4. The maximum absolute atomic E-state index is 6.50. The zero-order valence-corrected chi connectivity index (χ0v) is 12.8. The molecule has 0 unspecified atom stereocenters. The van der Waals surface area contributed by atoms with Crippen LogP contribution in [0.15, 0.2) is 22.7 Å². The van der Waals surface area contributed by atoms with Crippen LogP contribution in [-0.2, 0) is 12.1 Å². The maximum atomic E-state index is 6.50. The van der Waals surface area contributed by atoms with E-state index in [4.69, 9.17) is 10.7 Å². The van der Waals surface area contributed by atoms with Gasteiger partial charge in [0, 0.05) is 11.0 Å². The Bertz CT molecular complexity index is 555. The fourth-order valence-corrected chi connectivity index (χ4v) is 2.72. The maximum Gasteiger partial charge on any atom is 0.130 e. The molecule has 2 rings (SSSR count). The number of hydrogen-bond donors (Lipinski definition) is 1. The summed E-state index contributed by atoms with van der Waals surface area (Å²) in [6.45, 7) is 7.28. The second-order valence-electron chi connectivity index (χ2n) is 4.68. The molecule has 0 bridgehead atoms. The Labute approximate surface area is 117 Å². The molecule has 4 heteroatoms. The summed E-state index contributed by atoms with van der Waals surface area (Å²) in [4.78, 5) is 4.77. The summed E-state index contributed by atoms with van der Waals surface area (Å²) in [5.74, 6) is 1.00. The van der Waals surface area contributed by atoms with Gasteiger partial charge in [-0.3, -0.25) is 0 Å². The summed E-state index contributed by atoms with van der Waals surface area (Å²) in [5.41, 5.74) is 8.34. The van der Waals surface area contributed by atoms with Crippen LogP contribution in [0.5, 0.6) is 0 Å². The van der Waals surface area contributed by atoms with Crippen LogP contribution in [-0.4, -0.2) is 9.55 Å². The van der Waals surface area contributed by atoms with Crippen molar-refractivity contribution in [1.29, 1.82) is 0 Å². The van der Waals surface area contributed by atoms with Crippen LogP contribution in [0.3, 0.4) is 0 Å². The van der Waals surface area contributed by atoms with E-state index in [0.29, 0.717) is 0 Å². The molecule has 0 aliphatic carbocycles. The van der Waals surface area contributed by atoms with Gasteiger partial charge in [-0.15, -0.1) is 0 Å². The summed E-state index contributed by atoms with van der Waals surface area (Å²) in [6, 6.07) is 6.21. The van der Waals surface area contributed by atoms with Gasteiger partial charge in [0.2, 0.25) is 0 Å². The molecule has 1 aromatic carbocycles. The van der Waals surface area contributed by atoms with Crippen LogP contribution in [0.2, 0.25) is 0 Å². The van der Waals surface area contributed by atoms with E-state index in [9.17, 15) is 0 Å². The molecular weight excluding hydrogens is 290 g/mol. The van der Waals surface area contributed by atoms with E-state index in [2.05, 4.69) is 59.5 Å². The highest BCUT2D eigenvalue weighted by molar-refractivity contribution is 9.10. The molecule has 1 heterocycles. The molecule has 0 saturated heterocycles. The number of benzene rings is 1. The predicted molar refractivity (Wildman–Crippen MR) is 79.6 cm³/mol. The van der Waals surface area contributed by atoms with Crippen LogP contribution in [0.25, 0.3) is 11.0 Å². The van der Waals surface area contributed by atoms with Crippen molar-refractivity contribution in [1.82, 2.24) is 9.55 Å². The monoisotopic (exact) mass is 309 g/mol. The van der Waals surface area contributed by atoms with E-state index in [0.717, 1.165) is 40.7 Å². The normalized spacial score (nSPS) is 12.3. The largest absolute Gasteiger partial charge is 0.327 e. The number of aromatic nitrogens is 2. The highest BCUT2D eigenvalue weighted by atomic mass is 79.9. The van der Waals surface area contributed by atoms with E-state index in [1.54, 1.807) is 0 Å². The Morgan fingerprint density at radius 1 is 1.28 bits per heavy atom. The first-order valence-electron chi connectivity index (χ1n) is 6.50. The smallest absolute Gasteiger partial charge is 0.130 e. The third-order valence-corrected chi connectivity index (χ3v) is 4.23. The van der Waals surface area contributed by atoms with E-state index >= 15 is 0 Å². The van der Waals surface area contributed by atoms with Crippen molar-refractivity contribution in [2.45, 2.75) is 45.7 Å². The quantitative estimate of drug-likeness (QED) is 0.933. The second-order valence-corrected chi connectivity index (χ2v) is 5.59. The molecule has 0 saturated carbocycles. The standard InChI is InChI=1S/C14H20BrN3/c1-4-14(16,5-2)13-17-11-9-10(15)7-8-12(11)18(13)6-3/h7-9H,4-6,16H2,1-3H3. The number of hydrogen-bond acceptors (Lipinski definition) is 2. The molecule has 2 N–H and O–H groups in total. The first kappa shape index (κ1) is 13.6. The first-order chi connectivity index (χ1) is 8.55. The van der Waals surface area contributed by atoms with Gasteiger partial charge in [-0.1, -0.05) is 29.8 Å². The highest BCUT2D eigenvalue weighted by Gasteiger charge is 2.29. The molecule has 0 fully saturated rings. The molecule has 3 nitrogen and oxygen atoms in total. The Morgan fingerprint density at radius 3 is 2.50 bits per heavy atom. The van der Waals surface area contributed by atoms with E-state index in [1.807, 2.05) is 0 Å².